The van der Waals surface area contributed by atoms with E-state index in [2.05, 4.69) is 31.1 Å². The van der Waals surface area contributed by atoms with E-state index >= 15 is 0 Å². The summed E-state index contributed by atoms with van der Waals surface area (Å²) < 4.78 is 1.73. The van der Waals surface area contributed by atoms with Crippen LogP contribution in [0.15, 0.2) is 17.2 Å². The van der Waals surface area contributed by atoms with E-state index in [9.17, 15) is 4.79 Å². The maximum absolute atomic E-state index is 12.2. The number of nitrogens with zero attached hydrogens (tertiary/aromatic N) is 2. The van der Waals surface area contributed by atoms with Gasteiger partial charge in [-0.3, -0.25) is 4.79 Å². The van der Waals surface area contributed by atoms with Gasteiger partial charge in [-0.15, -0.1) is 0 Å². The number of anilines is 1. The van der Waals surface area contributed by atoms with E-state index in [-0.39, 0.29) is 5.56 Å². The fourth-order valence-corrected chi connectivity index (χ4v) is 2.24. The molecular formula is C15H27N3O. The van der Waals surface area contributed by atoms with Gasteiger partial charge in [0.15, 0.2) is 5.82 Å². The Hall–Kier alpha value is -1.32. The Bertz CT molecular complexity index is 414. The molecule has 4 nitrogen and oxygen atoms in total. The molecule has 108 valence electrons. The maximum atomic E-state index is 12.2. The standard InChI is InChI=1S/C15H27N3O/c1-4-7-9-13(8-5-2)17-14-15(19)18(11-6-3)12-10-16-14/h10,12-13H,4-9,11H2,1-3H3,(H,16,17). The summed E-state index contributed by atoms with van der Waals surface area (Å²) in [6.07, 6.45) is 10.1. The molecule has 0 spiro atoms. The third-order valence-electron chi connectivity index (χ3n) is 3.26. The average Bonchev–Trinajstić information content (AvgIpc) is 2.41. The molecule has 1 rings (SSSR count). The van der Waals surface area contributed by atoms with Gasteiger partial charge in [0, 0.05) is 25.0 Å². The van der Waals surface area contributed by atoms with Crippen molar-refractivity contribution in [3.05, 3.63) is 22.7 Å². The van der Waals surface area contributed by atoms with Crippen molar-refractivity contribution in [2.45, 2.75) is 71.9 Å². The average molecular weight is 265 g/mol. The van der Waals surface area contributed by atoms with Crippen LogP contribution >= 0.6 is 0 Å². The largest absolute Gasteiger partial charge is 0.363 e. The molecule has 0 bridgehead atoms. The first kappa shape index (κ1) is 15.7. The molecule has 0 aliphatic carbocycles. The Labute approximate surface area is 116 Å². The van der Waals surface area contributed by atoms with Gasteiger partial charge in [-0.1, -0.05) is 40.0 Å². The molecule has 0 aliphatic rings. The first-order valence-corrected chi connectivity index (χ1v) is 7.54. The second-order valence-electron chi connectivity index (χ2n) is 5.05. The number of unbranched alkanes of at least 4 members (excludes halogenated alkanes) is 1. The molecule has 0 aliphatic heterocycles. The Morgan fingerprint density at radius 2 is 2.00 bits per heavy atom. The number of aromatic nitrogens is 2. The molecule has 0 amide bonds. The summed E-state index contributed by atoms with van der Waals surface area (Å²) in [7, 11) is 0. The molecule has 1 atom stereocenters. The van der Waals surface area contributed by atoms with Crippen LogP contribution in [0.2, 0.25) is 0 Å². The highest BCUT2D eigenvalue weighted by Crippen LogP contribution is 2.11. The zero-order chi connectivity index (χ0) is 14.1. The van der Waals surface area contributed by atoms with E-state index < -0.39 is 0 Å². The van der Waals surface area contributed by atoms with Crippen LogP contribution in [-0.2, 0) is 6.54 Å². The molecule has 1 heterocycles. The summed E-state index contributed by atoms with van der Waals surface area (Å²) in [4.78, 5) is 16.4. The molecule has 0 fully saturated rings. The van der Waals surface area contributed by atoms with E-state index in [1.165, 1.54) is 12.8 Å². The lowest BCUT2D eigenvalue weighted by Crippen LogP contribution is -2.29. The van der Waals surface area contributed by atoms with Gasteiger partial charge in [-0.05, 0) is 19.3 Å². The minimum absolute atomic E-state index is 0.00181. The lowest BCUT2D eigenvalue weighted by molar-refractivity contribution is 0.559. The van der Waals surface area contributed by atoms with Crippen LogP contribution < -0.4 is 10.9 Å². The number of aryl methyl sites for hydroxylation is 1. The summed E-state index contributed by atoms with van der Waals surface area (Å²) in [6.45, 7) is 7.19. The number of hydrogen-bond acceptors (Lipinski definition) is 3. The van der Waals surface area contributed by atoms with Gasteiger partial charge in [-0.2, -0.15) is 0 Å². The van der Waals surface area contributed by atoms with Crippen LogP contribution in [0.5, 0.6) is 0 Å². The SMILES string of the molecule is CCCCC(CCC)Nc1nccn(CCC)c1=O. The molecule has 0 aromatic carbocycles. The smallest absolute Gasteiger partial charge is 0.293 e. The van der Waals surface area contributed by atoms with E-state index in [1.54, 1.807) is 17.0 Å². The third-order valence-corrected chi connectivity index (χ3v) is 3.26. The van der Waals surface area contributed by atoms with Crippen LogP contribution in [0.1, 0.15) is 59.3 Å². The molecule has 4 heteroatoms. The molecule has 1 unspecified atom stereocenters. The van der Waals surface area contributed by atoms with Gasteiger partial charge in [0.2, 0.25) is 0 Å². The molecule has 0 saturated carbocycles. The van der Waals surface area contributed by atoms with Crippen LogP contribution in [0.3, 0.4) is 0 Å². The van der Waals surface area contributed by atoms with Gasteiger partial charge < -0.3 is 9.88 Å². The van der Waals surface area contributed by atoms with Crippen LogP contribution in [0.4, 0.5) is 5.82 Å². The van der Waals surface area contributed by atoms with Crippen LogP contribution in [0, 0.1) is 0 Å². The van der Waals surface area contributed by atoms with E-state index in [1.807, 2.05) is 0 Å². The summed E-state index contributed by atoms with van der Waals surface area (Å²) in [6, 6.07) is 0.364. The highest BCUT2D eigenvalue weighted by Gasteiger charge is 2.11. The fourth-order valence-electron chi connectivity index (χ4n) is 2.24. The van der Waals surface area contributed by atoms with E-state index in [0.29, 0.717) is 11.9 Å². The molecule has 0 radical (unpaired) electrons. The summed E-state index contributed by atoms with van der Waals surface area (Å²) in [5.74, 6) is 0.505. The van der Waals surface area contributed by atoms with Crippen molar-refractivity contribution in [3.63, 3.8) is 0 Å². The van der Waals surface area contributed by atoms with Crippen molar-refractivity contribution >= 4 is 5.82 Å². The van der Waals surface area contributed by atoms with Crippen LogP contribution in [-0.4, -0.2) is 15.6 Å². The topological polar surface area (TPSA) is 46.9 Å². The zero-order valence-corrected chi connectivity index (χ0v) is 12.5. The quantitative estimate of drug-likeness (QED) is 0.744. The van der Waals surface area contributed by atoms with Crippen molar-refractivity contribution in [2.24, 2.45) is 0 Å². The zero-order valence-electron chi connectivity index (χ0n) is 12.5. The highest BCUT2D eigenvalue weighted by molar-refractivity contribution is 5.32. The molecular weight excluding hydrogens is 238 g/mol. The second-order valence-corrected chi connectivity index (χ2v) is 5.05. The van der Waals surface area contributed by atoms with Crippen molar-refractivity contribution in [2.75, 3.05) is 5.32 Å². The minimum atomic E-state index is 0.00181. The van der Waals surface area contributed by atoms with Crippen molar-refractivity contribution in [1.82, 2.24) is 9.55 Å². The molecule has 19 heavy (non-hydrogen) atoms. The van der Waals surface area contributed by atoms with E-state index in [4.69, 9.17) is 0 Å². The minimum Gasteiger partial charge on any atom is -0.363 e. The first-order chi connectivity index (χ1) is 9.22. The fraction of sp³-hybridized carbons (Fsp3) is 0.733. The Balaban J connectivity index is 2.77. The molecule has 1 aromatic rings. The second kappa shape index (κ2) is 8.73. The molecule has 1 aromatic heterocycles. The van der Waals surface area contributed by atoms with Gasteiger partial charge in [0.25, 0.3) is 5.56 Å². The number of nitrogens with one attached hydrogen (secondary N) is 1. The monoisotopic (exact) mass is 265 g/mol. The Morgan fingerprint density at radius 3 is 2.63 bits per heavy atom. The summed E-state index contributed by atoms with van der Waals surface area (Å²) >= 11 is 0. The van der Waals surface area contributed by atoms with Gasteiger partial charge >= 0.3 is 0 Å². The van der Waals surface area contributed by atoms with Gasteiger partial charge in [0.1, 0.15) is 0 Å². The normalized spacial score (nSPS) is 12.4. The van der Waals surface area contributed by atoms with Crippen molar-refractivity contribution < 1.29 is 0 Å². The number of rotatable bonds is 9. The molecule has 1 N–H and O–H groups in total. The Morgan fingerprint density at radius 1 is 1.21 bits per heavy atom. The van der Waals surface area contributed by atoms with Gasteiger partial charge in [-0.25, -0.2) is 4.98 Å². The predicted octanol–water partition coefficient (Wildman–Crippen LogP) is 3.42. The van der Waals surface area contributed by atoms with Crippen LogP contribution in [0.25, 0.3) is 0 Å². The van der Waals surface area contributed by atoms with E-state index in [0.717, 1.165) is 32.2 Å². The van der Waals surface area contributed by atoms with Crippen molar-refractivity contribution in [3.8, 4) is 0 Å². The summed E-state index contributed by atoms with van der Waals surface area (Å²) in [5.41, 5.74) is 0.00181. The lowest BCUT2D eigenvalue weighted by Gasteiger charge is -2.18. The summed E-state index contributed by atoms with van der Waals surface area (Å²) in [5, 5.41) is 3.34. The highest BCUT2D eigenvalue weighted by atomic mass is 16.1. The van der Waals surface area contributed by atoms with Crippen molar-refractivity contribution in [1.29, 1.82) is 0 Å². The lowest BCUT2D eigenvalue weighted by atomic mass is 10.1. The third kappa shape index (κ3) is 5.05. The maximum Gasteiger partial charge on any atom is 0.293 e. The first-order valence-electron chi connectivity index (χ1n) is 7.54. The Kier molecular flexibility index (Phi) is 7.23. The number of hydrogen-bond donors (Lipinski definition) is 1. The van der Waals surface area contributed by atoms with Gasteiger partial charge in [0.05, 0.1) is 0 Å². The predicted molar refractivity (Wildman–Crippen MR) is 80.6 cm³/mol. The molecule has 0 saturated heterocycles.